The Morgan fingerprint density at radius 1 is 1.12 bits per heavy atom. The fourth-order valence-electron chi connectivity index (χ4n) is 2.66. The van der Waals surface area contributed by atoms with Gasteiger partial charge in [-0.3, -0.25) is 9.59 Å². The molecule has 0 radical (unpaired) electrons. The lowest BCUT2D eigenvalue weighted by Crippen LogP contribution is -2.46. The first-order valence-corrected chi connectivity index (χ1v) is 11.0. The van der Waals surface area contributed by atoms with Gasteiger partial charge in [0.1, 0.15) is 11.4 Å². The number of rotatable bonds is 9. The van der Waals surface area contributed by atoms with Gasteiger partial charge in [0.2, 0.25) is 0 Å². The molecular formula is C22H28N4O5S. The summed E-state index contributed by atoms with van der Waals surface area (Å²) in [5.41, 5.74) is 6.36. The molecule has 9 nitrogen and oxygen atoms in total. The van der Waals surface area contributed by atoms with Gasteiger partial charge < -0.3 is 20.1 Å². The van der Waals surface area contributed by atoms with Crippen LogP contribution in [-0.4, -0.2) is 57.2 Å². The average Bonchev–Trinajstić information content (AvgIpc) is 2.74. The smallest absolute Gasteiger partial charge is 0.343 e. The Morgan fingerprint density at radius 3 is 2.41 bits per heavy atom. The van der Waals surface area contributed by atoms with Gasteiger partial charge >= 0.3 is 11.9 Å². The van der Waals surface area contributed by atoms with Crippen molar-refractivity contribution in [1.29, 1.82) is 0 Å². The zero-order valence-electron chi connectivity index (χ0n) is 18.7. The molecule has 1 amide bonds. The molecule has 0 saturated heterocycles. The monoisotopic (exact) mass is 460 g/mol. The Morgan fingerprint density at radius 2 is 1.81 bits per heavy atom. The van der Waals surface area contributed by atoms with E-state index in [1.54, 1.807) is 11.8 Å². The van der Waals surface area contributed by atoms with Crippen molar-refractivity contribution >= 4 is 35.4 Å². The molecule has 172 valence electrons. The fraction of sp³-hybridized carbons (Fsp3) is 0.409. The van der Waals surface area contributed by atoms with E-state index in [4.69, 9.17) is 15.2 Å². The summed E-state index contributed by atoms with van der Waals surface area (Å²) in [6.07, 6.45) is 1.25. The summed E-state index contributed by atoms with van der Waals surface area (Å²) in [5.74, 6) is -1.64. The number of nitrogen functional groups attached to an aromatic ring is 1. The summed E-state index contributed by atoms with van der Waals surface area (Å²) >= 11 is 0.991. The van der Waals surface area contributed by atoms with Gasteiger partial charge in [-0.05, 0) is 33.3 Å². The van der Waals surface area contributed by atoms with Gasteiger partial charge in [0.15, 0.2) is 11.8 Å². The van der Waals surface area contributed by atoms with Crippen LogP contribution < -0.4 is 5.73 Å². The second-order valence-corrected chi connectivity index (χ2v) is 8.70. The first kappa shape index (κ1) is 25.1. The molecule has 32 heavy (non-hydrogen) atoms. The molecule has 1 aromatic heterocycles. The molecule has 0 saturated carbocycles. The number of amides is 1. The predicted molar refractivity (Wildman–Crippen MR) is 121 cm³/mol. The van der Waals surface area contributed by atoms with Crippen LogP contribution in [0.1, 0.15) is 43.6 Å². The van der Waals surface area contributed by atoms with E-state index in [1.165, 1.54) is 6.20 Å². The van der Waals surface area contributed by atoms with E-state index in [-0.39, 0.29) is 41.4 Å². The Balaban J connectivity index is 1.89. The van der Waals surface area contributed by atoms with Gasteiger partial charge in [-0.1, -0.05) is 42.1 Å². The molecule has 0 aliphatic rings. The van der Waals surface area contributed by atoms with E-state index in [2.05, 4.69) is 9.97 Å². The molecule has 2 rings (SSSR count). The van der Waals surface area contributed by atoms with E-state index >= 15 is 0 Å². The minimum absolute atomic E-state index is 0.0359. The second kappa shape index (κ2) is 11.5. The van der Waals surface area contributed by atoms with Crippen molar-refractivity contribution in [1.82, 2.24) is 14.9 Å². The Bertz CT molecular complexity index is 947. The third-order valence-corrected chi connectivity index (χ3v) is 5.10. The van der Waals surface area contributed by atoms with Crippen LogP contribution in [0.25, 0.3) is 0 Å². The highest BCUT2D eigenvalue weighted by Gasteiger charge is 2.27. The number of thioether (sulfide) groups is 1. The number of esters is 2. The lowest BCUT2D eigenvalue weighted by atomic mass is 10.0. The molecule has 2 aromatic rings. The number of ether oxygens (including phenoxy) is 2. The van der Waals surface area contributed by atoms with Crippen molar-refractivity contribution in [2.45, 2.75) is 44.9 Å². The number of nitrogens with zero attached hydrogens (tertiary/aromatic N) is 3. The second-order valence-electron chi connectivity index (χ2n) is 7.76. The van der Waals surface area contributed by atoms with Crippen LogP contribution in [0, 0.1) is 0 Å². The molecule has 0 aliphatic carbocycles. The maximum Gasteiger partial charge on any atom is 0.343 e. The first-order valence-electron chi connectivity index (χ1n) is 10.0. The third-order valence-electron chi connectivity index (χ3n) is 4.26. The molecule has 0 unspecified atom stereocenters. The highest BCUT2D eigenvalue weighted by molar-refractivity contribution is 7.99. The molecule has 0 aliphatic heterocycles. The molecule has 0 fully saturated rings. The van der Waals surface area contributed by atoms with Crippen molar-refractivity contribution in [2.24, 2.45) is 0 Å². The van der Waals surface area contributed by atoms with E-state index in [1.807, 2.05) is 51.1 Å². The van der Waals surface area contributed by atoms with Crippen LogP contribution in [0.4, 0.5) is 5.82 Å². The van der Waals surface area contributed by atoms with Gasteiger partial charge in [-0.2, -0.15) is 0 Å². The lowest BCUT2D eigenvalue weighted by Gasteiger charge is -2.35. The van der Waals surface area contributed by atoms with E-state index in [0.29, 0.717) is 6.54 Å². The summed E-state index contributed by atoms with van der Waals surface area (Å²) in [7, 11) is 0. The maximum absolute atomic E-state index is 12.7. The van der Waals surface area contributed by atoms with Gasteiger partial charge in [0, 0.05) is 18.3 Å². The number of carbonyl (C=O) groups excluding carboxylic acids is 3. The molecule has 0 spiro atoms. The van der Waals surface area contributed by atoms with Crippen LogP contribution in [0.3, 0.4) is 0 Å². The van der Waals surface area contributed by atoms with E-state index < -0.39 is 17.5 Å². The highest BCUT2D eigenvalue weighted by atomic mass is 32.2. The standard InChI is InChI=1S/C22H28N4O5S/c1-5-30-20(29)16-11-24-21(25-19(16)23)32-14-18(28)31-13-17(27)26(22(2,3)4)12-15-9-7-6-8-10-15/h6-11H,5,12-14H2,1-4H3,(H2,23,24,25). The minimum Gasteiger partial charge on any atom is -0.462 e. The van der Waals surface area contributed by atoms with Crippen LogP contribution in [-0.2, 0) is 25.6 Å². The van der Waals surface area contributed by atoms with Gasteiger partial charge in [0.25, 0.3) is 5.91 Å². The topological polar surface area (TPSA) is 125 Å². The van der Waals surface area contributed by atoms with Crippen molar-refractivity contribution in [3.05, 3.63) is 47.7 Å². The number of nitrogens with two attached hydrogens (primary N) is 1. The Hall–Kier alpha value is -3.14. The van der Waals surface area contributed by atoms with Gasteiger partial charge in [-0.15, -0.1) is 0 Å². The fourth-order valence-corrected chi connectivity index (χ4v) is 3.28. The zero-order valence-corrected chi connectivity index (χ0v) is 19.5. The summed E-state index contributed by atoms with van der Waals surface area (Å²) < 4.78 is 10.0. The Kier molecular flexibility index (Phi) is 9.01. The minimum atomic E-state index is -0.613. The molecule has 1 aromatic carbocycles. The number of aromatic nitrogens is 2. The summed E-state index contributed by atoms with van der Waals surface area (Å²) in [5, 5.41) is 0.208. The van der Waals surface area contributed by atoms with Crippen molar-refractivity contribution in [3.63, 3.8) is 0 Å². The average molecular weight is 461 g/mol. The van der Waals surface area contributed by atoms with Crippen LogP contribution in [0.5, 0.6) is 0 Å². The lowest BCUT2D eigenvalue weighted by molar-refractivity contribution is -0.152. The highest BCUT2D eigenvalue weighted by Crippen LogP contribution is 2.19. The molecule has 0 atom stereocenters. The summed E-state index contributed by atoms with van der Waals surface area (Å²) in [6, 6.07) is 9.60. The number of anilines is 1. The van der Waals surface area contributed by atoms with E-state index in [0.717, 1.165) is 17.3 Å². The largest absolute Gasteiger partial charge is 0.462 e. The predicted octanol–water partition coefficient (Wildman–Crippen LogP) is 2.70. The van der Waals surface area contributed by atoms with Crippen molar-refractivity contribution in [2.75, 3.05) is 24.7 Å². The number of benzene rings is 1. The van der Waals surface area contributed by atoms with Gasteiger partial charge in [0.05, 0.1) is 12.4 Å². The van der Waals surface area contributed by atoms with Crippen molar-refractivity contribution < 1.29 is 23.9 Å². The number of hydrogen-bond donors (Lipinski definition) is 1. The van der Waals surface area contributed by atoms with Gasteiger partial charge in [-0.25, -0.2) is 14.8 Å². The SMILES string of the molecule is CCOC(=O)c1cnc(SCC(=O)OCC(=O)N(Cc2ccccc2)C(C)(C)C)nc1N. The first-order chi connectivity index (χ1) is 15.1. The Labute approximate surface area is 191 Å². The third kappa shape index (κ3) is 7.52. The molecule has 2 N–H and O–H groups in total. The van der Waals surface area contributed by atoms with Crippen LogP contribution in [0.15, 0.2) is 41.7 Å². The van der Waals surface area contributed by atoms with Crippen LogP contribution in [0.2, 0.25) is 0 Å². The van der Waals surface area contributed by atoms with E-state index in [9.17, 15) is 14.4 Å². The molecule has 10 heteroatoms. The number of carbonyl (C=O) groups is 3. The summed E-state index contributed by atoms with van der Waals surface area (Å²) in [4.78, 5) is 46.3. The van der Waals surface area contributed by atoms with Crippen LogP contribution >= 0.6 is 11.8 Å². The normalized spacial score (nSPS) is 11.0. The maximum atomic E-state index is 12.7. The quantitative estimate of drug-likeness (QED) is 0.341. The zero-order chi connectivity index (χ0) is 23.7. The molecule has 0 bridgehead atoms. The number of hydrogen-bond acceptors (Lipinski definition) is 9. The molecular weight excluding hydrogens is 432 g/mol. The molecule has 1 heterocycles. The van der Waals surface area contributed by atoms with Crippen molar-refractivity contribution in [3.8, 4) is 0 Å². The summed E-state index contributed by atoms with van der Waals surface area (Å²) in [6.45, 7) is 7.70.